The topological polar surface area (TPSA) is 61.4 Å². The van der Waals surface area contributed by atoms with E-state index in [0.29, 0.717) is 0 Å². The van der Waals surface area contributed by atoms with Crippen LogP contribution in [0.1, 0.15) is 0 Å². The molecule has 5 aromatic carbocycles. The van der Waals surface area contributed by atoms with Gasteiger partial charge >= 0.3 is 0 Å². The Bertz CT molecular complexity index is 2830. The van der Waals surface area contributed by atoms with Gasteiger partial charge in [0.25, 0.3) is 0 Å². The molecule has 49 heavy (non-hydrogen) atoms. The van der Waals surface area contributed by atoms with Crippen molar-refractivity contribution in [2.24, 2.45) is 0 Å². The molecule has 0 spiro atoms. The Morgan fingerprint density at radius 1 is 0.449 bits per heavy atom. The quantitative estimate of drug-likeness (QED) is 0.187. The largest absolute Gasteiger partial charge is 0.309 e. The first-order valence-electron chi connectivity index (χ1n) is 16.1. The Balaban J connectivity index is 1.10. The summed E-state index contributed by atoms with van der Waals surface area (Å²) in [6.07, 6.45) is 3.63. The van der Waals surface area contributed by atoms with E-state index in [2.05, 4.69) is 142 Å². The summed E-state index contributed by atoms with van der Waals surface area (Å²) in [6.45, 7) is 0. The molecule has 0 aliphatic carbocycles. The van der Waals surface area contributed by atoms with Gasteiger partial charge in [-0.2, -0.15) is 0 Å². The van der Waals surface area contributed by atoms with Gasteiger partial charge in [0.05, 0.1) is 27.8 Å². The lowest BCUT2D eigenvalue weighted by Gasteiger charge is -2.09. The monoisotopic (exact) mass is 646 g/mol. The summed E-state index contributed by atoms with van der Waals surface area (Å²) in [4.78, 5) is 9.40. The zero-order chi connectivity index (χ0) is 32.3. The first-order valence-corrected chi connectivity index (χ1v) is 17.0. The summed E-state index contributed by atoms with van der Waals surface area (Å²) >= 11 is 1.61. The number of rotatable bonds is 5. The normalized spacial score (nSPS) is 11.7. The van der Waals surface area contributed by atoms with Crippen molar-refractivity contribution < 1.29 is 0 Å². The average Bonchev–Trinajstić information content (AvgIpc) is 3.88. The van der Waals surface area contributed by atoms with Crippen molar-refractivity contribution in [1.29, 1.82) is 0 Å². The highest BCUT2D eigenvalue weighted by molar-refractivity contribution is 7.17. The predicted octanol–water partition coefficient (Wildman–Crippen LogP) is 10.5. The van der Waals surface area contributed by atoms with E-state index in [-0.39, 0.29) is 0 Å². The van der Waals surface area contributed by atoms with Crippen molar-refractivity contribution in [2.45, 2.75) is 0 Å². The van der Waals surface area contributed by atoms with Gasteiger partial charge in [0, 0.05) is 56.3 Å². The maximum absolute atomic E-state index is 5.10. The number of benzene rings is 5. The Hall–Kier alpha value is -6.44. The van der Waals surface area contributed by atoms with Crippen LogP contribution in [-0.4, -0.2) is 29.3 Å². The van der Waals surface area contributed by atoms with Crippen molar-refractivity contribution in [3.05, 3.63) is 158 Å². The van der Waals surface area contributed by atoms with Crippen molar-refractivity contribution in [2.75, 3.05) is 0 Å². The van der Waals surface area contributed by atoms with Gasteiger partial charge in [-0.05, 0) is 60.7 Å². The maximum Gasteiger partial charge on any atom is 0.148 e. The molecule has 0 saturated heterocycles. The number of hydrogen-bond donors (Lipinski definition) is 0. The van der Waals surface area contributed by atoms with Gasteiger partial charge in [-0.3, -0.25) is 9.55 Å². The molecule has 0 bridgehead atoms. The van der Waals surface area contributed by atoms with E-state index in [1.54, 1.807) is 17.5 Å². The Labute approximate surface area is 285 Å². The van der Waals surface area contributed by atoms with E-state index >= 15 is 0 Å². The van der Waals surface area contributed by atoms with Crippen LogP contribution in [0.2, 0.25) is 0 Å². The van der Waals surface area contributed by atoms with Crippen molar-refractivity contribution in [1.82, 2.24) is 29.3 Å². The Morgan fingerprint density at radius 2 is 1.06 bits per heavy atom. The molecule has 6 nitrogen and oxygen atoms in total. The molecule has 0 amide bonds. The second-order valence-electron chi connectivity index (χ2n) is 12.0. The van der Waals surface area contributed by atoms with E-state index < -0.39 is 0 Å². The van der Waals surface area contributed by atoms with Crippen LogP contribution in [0, 0.1) is 0 Å². The molecule has 0 aliphatic heterocycles. The lowest BCUT2D eigenvalue weighted by atomic mass is 10.1. The van der Waals surface area contributed by atoms with Gasteiger partial charge < -0.3 is 4.57 Å². The fourth-order valence-corrected chi connectivity index (χ4v) is 7.82. The third kappa shape index (κ3) is 4.47. The third-order valence-electron chi connectivity index (χ3n) is 9.20. The SMILES string of the molecule is c1ccc(-n2c3ccccc3c3ccc(-c4nnc(-c5ccc6c7ccccc7n(-c7cccc(-c8cccnc8)n7)c6c5)s4)cc32)cc1. The summed E-state index contributed by atoms with van der Waals surface area (Å²) in [5, 5.41) is 16.0. The van der Waals surface area contributed by atoms with Crippen LogP contribution in [0.5, 0.6) is 0 Å². The van der Waals surface area contributed by atoms with Gasteiger partial charge in [-0.25, -0.2) is 4.98 Å². The number of fused-ring (bicyclic) bond motifs is 6. The van der Waals surface area contributed by atoms with Crippen molar-refractivity contribution in [3.63, 3.8) is 0 Å². The van der Waals surface area contributed by atoms with Crippen molar-refractivity contribution in [3.8, 4) is 43.9 Å². The van der Waals surface area contributed by atoms with E-state index in [9.17, 15) is 0 Å². The molecule has 0 atom stereocenters. The van der Waals surface area contributed by atoms with Gasteiger partial charge in [0.2, 0.25) is 0 Å². The predicted molar refractivity (Wildman–Crippen MR) is 200 cm³/mol. The highest BCUT2D eigenvalue weighted by Crippen LogP contribution is 2.39. The molecule has 0 aliphatic rings. The molecule has 5 aromatic heterocycles. The lowest BCUT2D eigenvalue weighted by Crippen LogP contribution is -1.98. The molecule has 5 heterocycles. The van der Waals surface area contributed by atoms with Crippen LogP contribution < -0.4 is 0 Å². The molecule has 0 fully saturated rings. The van der Waals surface area contributed by atoms with Crippen LogP contribution in [0.4, 0.5) is 0 Å². The average molecular weight is 647 g/mol. The summed E-state index contributed by atoms with van der Waals surface area (Å²) in [5.41, 5.74) is 9.56. The van der Waals surface area contributed by atoms with Gasteiger partial charge in [0.15, 0.2) is 0 Å². The second-order valence-corrected chi connectivity index (χ2v) is 13.0. The van der Waals surface area contributed by atoms with Crippen LogP contribution >= 0.6 is 11.3 Å². The minimum Gasteiger partial charge on any atom is -0.309 e. The number of hydrogen-bond acceptors (Lipinski definition) is 5. The summed E-state index contributed by atoms with van der Waals surface area (Å²) < 4.78 is 4.58. The zero-order valence-corrected chi connectivity index (χ0v) is 26.9. The van der Waals surface area contributed by atoms with Gasteiger partial charge in [-0.1, -0.05) is 96.3 Å². The van der Waals surface area contributed by atoms with E-state index in [0.717, 1.165) is 65.8 Å². The molecule has 230 valence electrons. The fraction of sp³-hybridized carbons (Fsp3) is 0. The molecular weight excluding hydrogens is 621 g/mol. The van der Waals surface area contributed by atoms with Crippen LogP contribution in [0.15, 0.2) is 158 Å². The minimum absolute atomic E-state index is 0.852. The molecule has 10 rings (SSSR count). The zero-order valence-electron chi connectivity index (χ0n) is 26.1. The molecule has 0 radical (unpaired) electrons. The van der Waals surface area contributed by atoms with Crippen LogP contribution in [-0.2, 0) is 0 Å². The standard InChI is InChI=1S/C42H26N6S/c1-2-11-30(12-3-1)47-36-16-6-4-13-31(36)33-21-19-27(24-38(33)47)41-45-46-42(49-41)28-20-22-34-32-14-5-7-17-37(32)48(39(34)25-28)40-18-8-15-35(44-40)29-10-9-23-43-26-29/h1-26H. The lowest BCUT2D eigenvalue weighted by molar-refractivity contribution is 1.08. The second kappa shape index (κ2) is 11.1. The number of pyridine rings is 2. The summed E-state index contributed by atoms with van der Waals surface area (Å²) in [5.74, 6) is 0.852. The molecule has 0 unspecified atom stereocenters. The first kappa shape index (κ1) is 27.7. The van der Waals surface area contributed by atoms with Crippen LogP contribution in [0.3, 0.4) is 0 Å². The molecule has 10 aromatic rings. The first-order chi connectivity index (χ1) is 24.3. The van der Waals surface area contributed by atoms with E-state index in [1.807, 2.05) is 24.4 Å². The van der Waals surface area contributed by atoms with E-state index in [1.165, 1.54) is 21.7 Å². The van der Waals surface area contributed by atoms with Gasteiger partial charge in [-0.15, -0.1) is 10.2 Å². The molecular formula is C42H26N6S. The van der Waals surface area contributed by atoms with Crippen LogP contribution in [0.25, 0.3) is 87.5 Å². The number of aromatic nitrogens is 6. The highest BCUT2D eigenvalue weighted by Gasteiger charge is 2.18. The molecule has 0 saturated carbocycles. The fourth-order valence-electron chi connectivity index (χ4n) is 6.99. The minimum atomic E-state index is 0.852. The summed E-state index contributed by atoms with van der Waals surface area (Å²) in [7, 11) is 0. The van der Waals surface area contributed by atoms with Gasteiger partial charge in [0.1, 0.15) is 15.8 Å². The maximum atomic E-state index is 5.10. The molecule has 0 N–H and O–H groups in total. The Kier molecular flexibility index (Phi) is 6.25. The Morgan fingerprint density at radius 3 is 1.73 bits per heavy atom. The van der Waals surface area contributed by atoms with E-state index in [4.69, 9.17) is 15.2 Å². The number of para-hydroxylation sites is 3. The summed E-state index contributed by atoms with van der Waals surface area (Å²) in [6, 6.07) is 50.9. The highest BCUT2D eigenvalue weighted by atomic mass is 32.1. The smallest absolute Gasteiger partial charge is 0.148 e. The third-order valence-corrected chi connectivity index (χ3v) is 10.2. The molecule has 7 heteroatoms. The van der Waals surface area contributed by atoms with Crippen molar-refractivity contribution >= 4 is 54.9 Å². The number of nitrogens with zero attached hydrogens (tertiary/aromatic N) is 6.